The summed E-state index contributed by atoms with van der Waals surface area (Å²) in [5.41, 5.74) is 1.18. The smallest absolute Gasteiger partial charge is 0.229 e. The van der Waals surface area contributed by atoms with Gasteiger partial charge in [0, 0.05) is 19.6 Å². The molecule has 0 fully saturated rings. The second-order valence-corrected chi connectivity index (χ2v) is 4.21. The average molecular weight is 272 g/mol. The van der Waals surface area contributed by atoms with Crippen LogP contribution in [0, 0.1) is 0 Å². The van der Waals surface area contributed by atoms with Gasteiger partial charge in [-0.2, -0.15) is 15.0 Å². The highest BCUT2D eigenvalue weighted by Crippen LogP contribution is 2.10. The molecule has 0 saturated carbocycles. The predicted octanol–water partition coefficient (Wildman–Crippen LogP) is 2.35. The normalized spacial score (nSPS) is 10.1. The van der Waals surface area contributed by atoms with E-state index in [0.29, 0.717) is 24.4 Å². The summed E-state index contributed by atoms with van der Waals surface area (Å²) in [6, 6.07) is 10.1. The van der Waals surface area contributed by atoms with Gasteiger partial charge in [-0.25, -0.2) is 0 Å². The molecule has 1 heterocycles. The van der Waals surface area contributed by atoms with Gasteiger partial charge < -0.3 is 16.0 Å². The lowest BCUT2D eigenvalue weighted by Crippen LogP contribution is -2.12. The van der Waals surface area contributed by atoms with Crippen LogP contribution in [0.15, 0.2) is 30.3 Å². The highest BCUT2D eigenvalue weighted by Gasteiger charge is 2.05. The van der Waals surface area contributed by atoms with Gasteiger partial charge in [0.25, 0.3) is 0 Å². The highest BCUT2D eigenvalue weighted by atomic mass is 15.3. The van der Waals surface area contributed by atoms with Gasteiger partial charge in [0.2, 0.25) is 17.8 Å². The zero-order chi connectivity index (χ0) is 14.2. The molecule has 1 aromatic heterocycles. The van der Waals surface area contributed by atoms with Crippen molar-refractivity contribution < 1.29 is 0 Å². The molecule has 106 valence electrons. The Morgan fingerprint density at radius 2 is 1.25 bits per heavy atom. The number of aromatic nitrogens is 3. The summed E-state index contributed by atoms with van der Waals surface area (Å²) in [7, 11) is 0. The van der Waals surface area contributed by atoms with Crippen molar-refractivity contribution in [3.8, 4) is 0 Å². The Morgan fingerprint density at radius 3 is 1.75 bits per heavy atom. The Balaban J connectivity index is 2.09. The average Bonchev–Trinajstić information content (AvgIpc) is 2.47. The summed E-state index contributed by atoms with van der Waals surface area (Å²) in [5.74, 6) is 1.72. The Hall–Kier alpha value is -2.37. The van der Waals surface area contributed by atoms with Crippen molar-refractivity contribution in [2.75, 3.05) is 29.0 Å². The third-order valence-electron chi connectivity index (χ3n) is 2.60. The van der Waals surface area contributed by atoms with Crippen molar-refractivity contribution >= 4 is 17.8 Å². The fourth-order valence-electron chi connectivity index (χ4n) is 1.71. The first-order valence-corrected chi connectivity index (χ1v) is 6.83. The summed E-state index contributed by atoms with van der Waals surface area (Å²) in [4.78, 5) is 13.0. The standard InChI is InChI=1S/C14H20N6/c1-3-15-12-18-13(16-4-2)20-14(19-12)17-10-11-8-6-5-7-9-11/h5-9H,3-4,10H2,1-2H3,(H3,15,16,17,18,19,20). The maximum Gasteiger partial charge on any atom is 0.229 e. The van der Waals surface area contributed by atoms with Gasteiger partial charge in [-0.1, -0.05) is 30.3 Å². The van der Waals surface area contributed by atoms with Crippen molar-refractivity contribution in [3.05, 3.63) is 35.9 Å². The van der Waals surface area contributed by atoms with Gasteiger partial charge >= 0.3 is 0 Å². The first-order valence-electron chi connectivity index (χ1n) is 6.83. The number of benzene rings is 1. The van der Waals surface area contributed by atoms with Crippen molar-refractivity contribution in [1.29, 1.82) is 0 Å². The second kappa shape index (κ2) is 7.28. The SMILES string of the molecule is CCNc1nc(NCC)nc(NCc2ccccc2)n1. The van der Waals surface area contributed by atoms with Crippen LogP contribution in [0.25, 0.3) is 0 Å². The highest BCUT2D eigenvalue weighted by molar-refractivity contribution is 5.42. The molecule has 2 aromatic rings. The molecule has 0 aliphatic heterocycles. The van der Waals surface area contributed by atoms with Crippen LogP contribution < -0.4 is 16.0 Å². The van der Waals surface area contributed by atoms with Gasteiger partial charge in [-0.15, -0.1) is 0 Å². The minimum atomic E-state index is 0.566. The number of hydrogen-bond donors (Lipinski definition) is 3. The number of anilines is 3. The van der Waals surface area contributed by atoms with Gasteiger partial charge in [0.05, 0.1) is 0 Å². The molecule has 2 rings (SSSR count). The molecule has 0 saturated heterocycles. The largest absolute Gasteiger partial charge is 0.354 e. The van der Waals surface area contributed by atoms with Crippen molar-refractivity contribution in [2.24, 2.45) is 0 Å². The summed E-state index contributed by atoms with van der Waals surface area (Å²) in [5, 5.41) is 9.42. The van der Waals surface area contributed by atoms with Gasteiger partial charge in [0.1, 0.15) is 0 Å². The van der Waals surface area contributed by atoms with E-state index in [2.05, 4.69) is 43.0 Å². The monoisotopic (exact) mass is 272 g/mol. The first kappa shape index (κ1) is 14.0. The van der Waals surface area contributed by atoms with E-state index in [1.807, 2.05) is 32.0 Å². The lowest BCUT2D eigenvalue weighted by atomic mass is 10.2. The maximum absolute atomic E-state index is 4.34. The molecule has 1 aromatic carbocycles. The van der Waals surface area contributed by atoms with Crippen molar-refractivity contribution in [2.45, 2.75) is 20.4 Å². The van der Waals surface area contributed by atoms with Crippen molar-refractivity contribution in [1.82, 2.24) is 15.0 Å². The molecule has 0 radical (unpaired) electrons. The van der Waals surface area contributed by atoms with E-state index in [0.717, 1.165) is 13.1 Å². The van der Waals surface area contributed by atoms with Gasteiger partial charge in [0.15, 0.2) is 0 Å². The zero-order valence-electron chi connectivity index (χ0n) is 11.8. The summed E-state index contributed by atoms with van der Waals surface area (Å²) in [6.45, 7) is 6.24. The molecule has 20 heavy (non-hydrogen) atoms. The van der Waals surface area contributed by atoms with Crippen LogP contribution in [-0.2, 0) is 6.54 Å². The Labute approximate surface area is 119 Å². The lowest BCUT2D eigenvalue weighted by molar-refractivity contribution is 0.976. The van der Waals surface area contributed by atoms with E-state index in [-0.39, 0.29) is 0 Å². The first-order chi connectivity index (χ1) is 9.81. The summed E-state index contributed by atoms with van der Waals surface area (Å²) in [6.07, 6.45) is 0. The number of nitrogens with zero attached hydrogens (tertiary/aromatic N) is 3. The van der Waals surface area contributed by atoms with E-state index in [9.17, 15) is 0 Å². The quantitative estimate of drug-likeness (QED) is 0.718. The molecule has 3 N–H and O–H groups in total. The van der Waals surface area contributed by atoms with Crippen LogP contribution in [0.2, 0.25) is 0 Å². The molecule has 0 spiro atoms. The molecule has 0 unspecified atom stereocenters. The zero-order valence-corrected chi connectivity index (χ0v) is 11.8. The van der Waals surface area contributed by atoms with Crippen LogP contribution in [0.1, 0.15) is 19.4 Å². The topological polar surface area (TPSA) is 74.8 Å². The summed E-state index contributed by atoms with van der Waals surface area (Å²) < 4.78 is 0. The minimum Gasteiger partial charge on any atom is -0.354 e. The second-order valence-electron chi connectivity index (χ2n) is 4.21. The number of nitrogens with one attached hydrogen (secondary N) is 3. The molecular weight excluding hydrogens is 252 g/mol. The van der Waals surface area contributed by atoms with Crippen LogP contribution >= 0.6 is 0 Å². The number of hydrogen-bond acceptors (Lipinski definition) is 6. The van der Waals surface area contributed by atoms with Crippen LogP contribution in [0.4, 0.5) is 17.8 Å². The minimum absolute atomic E-state index is 0.566. The number of rotatable bonds is 7. The Morgan fingerprint density at radius 1 is 0.750 bits per heavy atom. The predicted molar refractivity (Wildman–Crippen MR) is 81.9 cm³/mol. The fourth-order valence-corrected chi connectivity index (χ4v) is 1.71. The molecule has 0 amide bonds. The molecule has 0 atom stereocenters. The Bertz CT molecular complexity index is 504. The Kier molecular flexibility index (Phi) is 5.11. The molecule has 0 bridgehead atoms. The van der Waals surface area contributed by atoms with Gasteiger partial charge in [-0.3, -0.25) is 0 Å². The van der Waals surface area contributed by atoms with Crippen LogP contribution in [-0.4, -0.2) is 28.0 Å². The van der Waals surface area contributed by atoms with Crippen LogP contribution in [0.3, 0.4) is 0 Å². The van der Waals surface area contributed by atoms with E-state index in [1.165, 1.54) is 5.56 Å². The van der Waals surface area contributed by atoms with E-state index in [4.69, 9.17) is 0 Å². The lowest BCUT2D eigenvalue weighted by Gasteiger charge is -2.09. The molecule has 6 heteroatoms. The molecular formula is C14H20N6. The maximum atomic E-state index is 4.34. The van der Waals surface area contributed by atoms with Gasteiger partial charge in [-0.05, 0) is 19.4 Å². The molecule has 0 aliphatic carbocycles. The third kappa shape index (κ3) is 4.08. The fraction of sp³-hybridized carbons (Fsp3) is 0.357. The van der Waals surface area contributed by atoms with E-state index >= 15 is 0 Å². The molecule has 0 aliphatic rings. The summed E-state index contributed by atoms with van der Waals surface area (Å²) >= 11 is 0. The van der Waals surface area contributed by atoms with Crippen LogP contribution in [0.5, 0.6) is 0 Å². The van der Waals surface area contributed by atoms with E-state index < -0.39 is 0 Å². The molecule has 6 nitrogen and oxygen atoms in total. The third-order valence-corrected chi connectivity index (χ3v) is 2.60. The van der Waals surface area contributed by atoms with E-state index in [1.54, 1.807) is 0 Å². The van der Waals surface area contributed by atoms with Crippen molar-refractivity contribution in [3.63, 3.8) is 0 Å².